The lowest BCUT2D eigenvalue weighted by Gasteiger charge is -2.04. The van der Waals surface area contributed by atoms with Crippen molar-refractivity contribution in [2.75, 3.05) is 12.4 Å². The first-order chi connectivity index (χ1) is 11.7. The highest BCUT2D eigenvalue weighted by Crippen LogP contribution is 2.17. The van der Waals surface area contributed by atoms with Gasteiger partial charge in [-0.05, 0) is 42.5 Å². The van der Waals surface area contributed by atoms with Crippen molar-refractivity contribution in [2.24, 2.45) is 0 Å². The summed E-state index contributed by atoms with van der Waals surface area (Å²) in [6.45, 7) is 0. The quantitative estimate of drug-likeness (QED) is 0.719. The first-order valence-corrected chi connectivity index (χ1v) is 7.13. The smallest absolute Gasteiger partial charge is 0.337 e. The molecule has 0 unspecified atom stereocenters. The second-order valence-corrected chi connectivity index (χ2v) is 4.93. The second-order valence-electron chi connectivity index (χ2n) is 4.93. The van der Waals surface area contributed by atoms with Gasteiger partial charge in [-0.3, -0.25) is 14.9 Å². The van der Waals surface area contributed by atoms with Crippen molar-refractivity contribution in [3.8, 4) is 11.3 Å². The third kappa shape index (κ3) is 3.30. The van der Waals surface area contributed by atoms with Gasteiger partial charge in [0.25, 0.3) is 5.91 Å². The van der Waals surface area contributed by atoms with Crippen molar-refractivity contribution in [3.63, 3.8) is 0 Å². The van der Waals surface area contributed by atoms with Crippen LogP contribution in [0.15, 0.2) is 54.9 Å². The van der Waals surface area contributed by atoms with Crippen LogP contribution in [0.1, 0.15) is 20.8 Å². The molecule has 2 aromatic heterocycles. The van der Waals surface area contributed by atoms with Crippen LogP contribution in [-0.2, 0) is 4.74 Å². The Hall–Kier alpha value is -3.48. The molecule has 0 fully saturated rings. The molecule has 0 saturated carbocycles. The number of anilines is 1. The molecule has 2 N–H and O–H groups in total. The summed E-state index contributed by atoms with van der Waals surface area (Å²) in [7, 11) is 1.32. The van der Waals surface area contributed by atoms with E-state index in [1.54, 1.807) is 42.7 Å². The van der Waals surface area contributed by atoms with Crippen LogP contribution in [0.2, 0.25) is 0 Å². The van der Waals surface area contributed by atoms with Gasteiger partial charge in [-0.15, -0.1) is 0 Å². The summed E-state index contributed by atoms with van der Waals surface area (Å²) >= 11 is 0. The van der Waals surface area contributed by atoms with E-state index in [4.69, 9.17) is 0 Å². The lowest BCUT2D eigenvalue weighted by atomic mass is 10.2. The van der Waals surface area contributed by atoms with E-state index in [0.717, 1.165) is 5.56 Å². The van der Waals surface area contributed by atoms with E-state index >= 15 is 0 Å². The molecule has 0 atom stereocenters. The standard InChI is InChI=1S/C17H14N4O3/c1-24-17(23)12-2-4-13(5-3-12)19-16(22)15-10-14(20-21-15)11-6-8-18-9-7-11/h2-10H,1H3,(H,19,22)(H,20,21). The molecule has 24 heavy (non-hydrogen) atoms. The molecular weight excluding hydrogens is 308 g/mol. The largest absolute Gasteiger partial charge is 0.465 e. The molecule has 0 saturated heterocycles. The molecule has 7 heteroatoms. The van der Waals surface area contributed by atoms with Crippen LogP contribution in [0.5, 0.6) is 0 Å². The van der Waals surface area contributed by atoms with E-state index in [1.807, 2.05) is 12.1 Å². The number of nitrogens with one attached hydrogen (secondary N) is 2. The summed E-state index contributed by atoms with van der Waals surface area (Å²) in [6, 6.07) is 11.7. The number of rotatable bonds is 4. The molecule has 7 nitrogen and oxygen atoms in total. The van der Waals surface area contributed by atoms with Crippen LogP contribution in [-0.4, -0.2) is 34.2 Å². The average Bonchev–Trinajstić information content (AvgIpc) is 3.13. The van der Waals surface area contributed by atoms with E-state index in [2.05, 4.69) is 25.2 Å². The number of hydrogen-bond acceptors (Lipinski definition) is 5. The zero-order chi connectivity index (χ0) is 16.9. The summed E-state index contributed by atoms with van der Waals surface area (Å²) in [6.07, 6.45) is 3.32. The third-order valence-electron chi connectivity index (χ3n) is 3.36. The van der Waals surface area contributed by atoms with E-state index in [-0.39, 0.29) is 5.91 Å². The van der Waals surface area contributed by atoms with Gasteiger partial charge in [0, 0.05) is 23.6 Å². The maximum Gasteiger partial charge on any atom is 0.337 e. The van der Waals surface area contributed by atoms with Crippen molar-refractivity contribution in [1.29, 1.82) is 0 Å². The Morgan fingerprint density at radius 3 is 2.46 bits per heavy atom. The summed E-state index contributed by atoms with van der Waals surface area (Å²) in [5.41, 5.74) is 2.83. The molecule has 3 aromatic rings. The van der Waals surface area contributed by atoms with Crippen LogP contribution >= 0.6 is 0 Å². The lowest BCUT2D eigenvalue weighted by molar-refractivity contribution is 0.0600. The van der Waals surface area contributed by atoms with Gasteiger partial charge in [0.15, 0.2) is 0 Å². The van der Waals surface area contributed by atoms with Gasteiger partial charge in [0.2, 0.25) is 0 Å². The van der Waals surface area contributed by atoms with E-state index < -0.39 is 5.97 Å². The predicted molar refractivity (Wildman–Crippen MR) is 87.6 cm³/mol. The maximum atomic E-state index is 12.2. The molecule has 1 amide bonds. The van der Waals surface area contributed by atoms with Crippen LogP contribution in [0.3, 0.4) is 0 Å². The van der Waals surface area contributed by atoms with Crippen molar-refractivity contribution in [3.05, 3.63) is 66.1 Å². The Morgan fingerprint density at radius 1 is 1.08 bits per heavy atom. The Bertz CT molecular complexity index is 857. The van der Waals surface area contributed by atoms with Crippen molar-refractivity contribution in [1.82, 2.24) is 15.2 Å². The molecule has 120 valence electrons. The predicted octanol–water partition coefficient (Wildman–Crippen LogP) is 2.51. The molecular formula is C17H14N4O3. The summed E-state index contributed by atoms with van der Waals surface area (Å²) in [4.78, 5) is 27.6. The Balaban J connectivity index is 1.71. The highest BCUT2D eigenvalue weighted by atomic mass is 16.5. The number of esters is 1. The molecule has 3 rings (SSSR count). The number of carbonyl (C=O) groups excluding carboxylic acids is 2. The van der Waals surface area contributed by atoms with Gasteiger partial charge >= 0.3 is 5.97 Å². The van der Waals surface area contributed by atoms with Gasteiger partial charge in [-0.25, -0.2) is 4.79 Å². The number of methoxy groups -OCH3 is 1. The normalized spacial score (nSPS) is 10.2. The number of hydrogen-bond donors (Lipinski definition) is 2. The van der Waals surface area contributed by atoms with Crippen molar-refractivity contribution < 1.29 is 14.3 Å². The fourth-order valence-corrected chi connectivity index (χ4v) is 2.11. The van der Waals surface area contributed by atoms with Gasteiger partial charge in [0.05, 0.1) is 18.4 Å². The van der Waals surface area contributed by atoms with E-state index in [1.165, 1.54) is 7.11 Å². The molecule has 0 aliphatic heterocycles. The highest BCUT2D eigenvalue weighted by Gasteiger charge is 2.12. The fraction of sp³-hybridized carbons (Fsp3) is 0.0588. The number of carbonyl (C=O) groups is 2. The van der Waals surface area contributed by atoms with E-state index in [9.17, 15) is 9.59 Å². The van der Waals surface area contributed by atoms with Crippen molar-refractivity contribution >= 4 is 17.6 Å². The SMILES string of the molecule is COC(=O)c1ccc(NC(=O)c2cc(-c3ccncc3)n[nH]2)cc1. The first-order valence-electron chi connectivity index (χ1n) is 7.13. The molecule has 0 aliphatic rings. The maximum absolute atomic E-state index is 12.2. The number of aromatic amines is 1. The van der Waals surface area contributed by atoms with Crippen LogP contribution in [0, 0.1) is 0 Å². The highest BCUT2D eigenvalue weighted by molar-refractivity contribution is 6.03. The summed E-state index contributed by atoms with van der Waals surface area (Å²) < 4.78 is 4.63. The zero-order valence-corrected chi connectivity index (χ0v) is 12.8. The number of amides is 1. The Morgan fingerprint density at radius 2 is 1.79 bits per heavy atom. The minimum atomic E-state index is -0.427. The van der Waals surface area contributed by atoms with Gasteiger partial charge in [0.1, 0.15) is 5.69 Å². The number of aromatic nitrogens is 3. The molecule has 0 spiro atoms. The first kappa shape index (κ1) is 15.4. The monoisotopic (exact) mass is 322 g/mol. The van der Waals surface area contributed by atoms with Crippen molar-refractivity contribution in [2.45, 2.75) is 0 Å². The summed E-state index contributed by atoms with van der Waals surface area (Å²) in [5, 5.41) is 9.56. The molecule has 0 bridgehead atoms. The third-order valence-corrected chi connectivity index (χ3v) is 3.36. The molecule has 0 aliphatic carbocycles. The molecule has 2 heterocycles. The number of nitrogens with zero attached hydrogens (tertiary/aromatic N) is 2. The number of pyridine rings is 1. The van der Waals surface area contributed by atoms with Crippen LogP contribution in [0.25, 0.3) is 11.3 Å². The summed E-state index contributed by atoms with van der Waals surface area (Å²) in [5.74, 6) is -0.753. The van der Waals surface area contributed by atoms with Crippen LogP contribution < -0.4 is 5.32 Å². The topological polar surface area (TPSA) is 97.0 Å². The number of benzene rings is 1. The number of H-pyrrole nitrogens is 1. The minimum absolute atomic E-state index is 0.325. The van der Waals surface area contributed by atoms with Gasteiger partial charge in [-0.2, -0.15) is 5.10 Å². The molecule has 0 radical (unpaired) electrons. The second kappa shape index (κ2) is 6.74. The lowest BCUT2D eigenvalue weighted by Crippen LogP contribution is -2.12. The zero-order valence-electron chi connectivity index (χ0n) is 12.8. The van der Waals surface area contributed by atoms with Gasteiger partial charge in [-0.1, -0.05) is 0 Å². The Labute approximate surface area is 137 Å². The minimum Gasteiger partial charge on any atom is -0.465 e. The van der Waals surface area contributed by atoms with E-state index in [0.29, 0.717) is 22.6 Å². The molecule has 1 aromatic carbocycles. The average molecular weight is 322 g/mol. The van der Waals surface area contributed by atoms with Crippen LogP contribution in [0.4, 0.5) is 5.69 Å². The Kier molecular flexibility index (Phi) is 4.33. The fourth-order valence-electron chi connectivity index (χ4n) is 2.11. The number of ether oxygens (including phenoxy) is 1. The van der Waals surface area contributed by atoms with Gasteiger partial charge < -0.3 is 10.1 Å².